The molecule has 0 spiro atoms. The zero-order valence-electron chi connectivity index (χ0n) is 11.8. The molecular formula is C16H20ClN3. The van der Waals surface area contributed by atoms with E-state index in [0.717, 1.165) is 22.7 Å². The van der Waals surface area contributed by atoms with Gasteiger partial charge in [-0.15, -0.1) is 0 Å². The first-order valence-corrected chi connectivity index (χ1v) is 6.96. The number of anilines is 1. The minimum atomic E-state index is 0.0633. The molecule has 2 aromatic carbocycles. The van der Waals surface area contributed by atoms with Gasteiger partial charge in [0.2, 0.25) is 0 Å². The molecule has 2 aromatic rings. The van der Waals surface area contributed by atoms with E-state index >= 15 is 0 Å². The molecule has 0 aliphatic carbocycles. The SMILES string of the molecule is CN(C)c1cccc(C(Cc2cccc(Cl)c2)NN)c1. The van der Waals surface area contributed by atoms with E-state index in [0.29, 0.717) is 0 Å². The summed E-state index contributed by atoms with van der Waals surface area (Å²) in [6.07, 6.45) is 0.800. The Morgan fingerprint density at radius 1 is 1.15 bits per heavy atom. The van der Waals surface area contributed by atoms with Crippen LogP contribution < -0.4 is 16.2 Å². The first-order valence-electron chi connectivity index (χ1n) is 6.58. The summed E-state index contributed by atoms with van der Waals surface area (Å²) in [5.74, 6) is 5.72. The Balaban J connectivity index is 2.22. The molecule has 0 radical (unpaired) electrons. The van der Waals surface area contributed by atoms with Gasteiger partial charge < -0.3 is 4.90 Å². The highest BCUT2D eigenvalue weighted by atomic mass is 35.5. The molecule has 3 N–H and O–H groups in total. The Hall–Kier alpha value is -1.55. The molecule has 3 nitrogen and oxygen atoms in total. The minimum absolute atomic E-state index is 0.0633. The van der Waals surface area contributed by atoms with Gasteiger partial charge in [0.1, 0.15) is 0 Å². The average molecular weight is 290 g/mol. The molecule has 20 heavy (non-hydrogen) atoms. The van der Waals surface area contributed by atoms with E-state index in [9.17, 15) is 0 Å². The van der Waals surface area contributed by atoms with Crippen molar-refractivity contribution in [1.29, 1.82) is 0 Å². The predicted octanol–water partition coefficient (Wildman–Crippen LogP) is 3.15. The number of hydrogen-bond acceptors (Lipinski definition) is 3. The van der Waals surface area contributed by atoms with Crippen LogP contribution in [0, 0.1) is 0 Å². The molecule has 0 amide bonds. The third kappa shape index (κ3) is 3.73. The van der Waals surface area contributed by atoms with Crippen LogP contribution in [0.15, 0.2) is 48.5 Å². The van der Waals surface area contributed by atoms with Crippen molar-refractivity contribution in [3.63, 3.8) is 0 Å². The second kappa shape index (κ2) is 6.75. The third-order valence-corrected chi connectivity index (χ3v) is 3.55. The van der Waals surface area contributed by atoms with Crippen molar-refractivity contribution in [2.45, 2.75) is 12.5 Å². The van der Waals surface area contributed by atoms with Crippen LogP contribution in [0.4, 0.5) is 5.69 Å². The highest BCUT2D eigenvalue weighted by Crippen LogP contribution is 2.23. The van der Waals surface area contributed by atoms with E-state index in [1.165, 1.54) is 5.56 Å². The highest BCUT2D eigenvalue weighted by Gasteiger charge is 2.11. The van der Waals surface area contributed by atoms with Gasteiger partial charge in [-0.25, -0.2) is 0 Å². The maximum absolute atomic E-state index is 6.03. The van der Waals surface area contributed by atoms with Crippen LogP contribution in [0.3, 0.4) is 0 Å². The van der Waals surface area contributed by atoms with Crippen LogP contribution in [0.1, 0.15) is 17.2 Å². The van der Waals surface area contributed by atoms with Crippen LogP contribution in [0.25, 0.3) is 0 Å². The normalized spacial score (nSPS) is 12.2. The number of rotatable bonds is 5. The zero-order valence-corrected chi connectivity index (χ0v) is 12.6. The van der Waals surface area contributed by atoms with Gasteiger partial charge in [-0.1, -0.05) is 35.9 Å². The molecule has 0 heterocycles. The van der Waals surface area contributed by atoms with Crippen LogP contribution in [-0.2, 0) is 6.42 Å². The lowest BCUT2D eigenvalue weighted by Gasteiger charge is -2.19. The van der Waals surface area contributed by atoms with Crippen molar-refractivity contribution in [1.82, 2.24) is 5.43 Å². The molecule has 0 bridgehead atoms. The summed E-state index contributed by atoms with van der Waals surface area (Å²) in [5, 5.41) is 0.750. The predicted molar refractivity (Wildman–Crippen MR) is 86.0 cm³/mol. The van der Waals surface area contributed by atoms with E-state index in [4.69, 9.17) is 17.4 Å². The van der Waals surface area contributed by atoms with Gasteiger partial charge in [0.05, 0.1) is 6.04 Å². The van der Waals surface area contributed by atoms with Crippen LogP contribution in [0.2, 0.25) is 5.02 Å². The van der Waals surface area contributed by atoms with Gasteiger partial charge in [0, 0.05) is 24.8 Å². The molecule has 0 saturated heterocycles. The van der Waals surface area contributed by atoms with Crippen molar-refractivity contribution in [2.24, 2.45) is 5.84 Å². The molecule has 4 heteroatoms. The summed E-state index contributed by atoms with van der Waals surface area (Å²) in [6.45, 7) is 0. The fraction of sp³-hybridized carbons (Fsp3) is 0.250. The standard InChI is InChI=1S/C16H20ClN3/c1-20(2)15-8-4-6-13(11-15)16(19-18)10-12-5-3-7-14(17)9-12/h3-9,11,16,19H,10,18H2,1-2H3. The quantitative estimate of drug-likeness (QED) is 0.656. The fourth-order valence-corrected chi connectivity index (χ4v) is 2.41. The van der Waals surface area contributed by atoms with Crippen molar-refractivity contribution in [2.75, 3.05) is 19.0 Å². The Kier molecular flexibility index (Phi) is 5.01. The molecule has 0 aromatic heterocycles. The maximum atomic E-state index is 6.03. The number of halogens is 1. The molecule has 0 fully saturated rings. The van der Waals surface area contributed by atoms with E-state index in [1.54, 1.807) is 0 Å². The van der Waals surface area contributed by atoms with E-state index < -0.39 is 0 Å². The fourth-order valence-electron chi connectivity index (χ4n) is 2.19. The summed E-state index contributed by atoms with van der Waals surface area (Å²) in [5.41, 5.74) is 6.38. The second-order valence-electron chi connectivity index (χ2n) is 5.04. The summed E-state index contributed by atoms with van der Waals surface area (Å²) in [6, 6.07) is 16.3. The Morgan fingerprint density at radius 3 is 2.55 bits per heavy atom. The van der Waals surface area contributed by atoms with Gasteiger partial charge in [0.25, 0.3) is 0 Å². The molecule has 0 aliphatic heterocycles. The van der Waals surface area contributed by atoms with Crippen LogP contribution in [-0.4, -0.2) is 14.1 Å². The van der Waals surface area contributed by atoms with Crippen molar-refractivity contribution in [3.05, 3.63) is 64.7 Å². The molecule has 0 aliphatic rings. The summed E-state index contributed by atoms with van der Waals surface area (Å²) in [7, 11) is 4.06. The molecule has 106 valence electrons. The van der Waals surface area contributed by atoms with Gasteiger partial charge in [-0.05, 0) is 41.8 Å². The molecule has 1 atom stereocenters. The monoisotopic (exact) mass is 289 g/mol. The van der Waals surface area contributed by atoms with Crippen LogP contribution in [0.5, 0.6) is 0 Å². The first kappa shape index (κ1) is 14.9. The minimum Gasteiger partial charge on any atom is -0.378 e. The van der Waals surface area contributed by atoms with Gasteiger partial charge in [-0.2, -0.15) is 0 Å². The summed E-state index contributed by atoms with van der Waals surface area (Å²) in [4.78, 5) is 2.08. The lowest BCUT2D eigenvalue weighted by atomic mass is 9.99. The van der Waals surface area contributed by atoms with E-state index in [-0.39, 0.29) is 6.04 Å². The lowest BCUT2D eigenvalue weighted by Crippen LogP contribution is -2.29. The van der Waals surface area contributed by atoms with E-state index in [2.05, 4.69) is 34.6 Å². The third-order valence-electron chi connectivity index (χ3n) is 3.32. The van der Waals surface area contributed by atoms with Crippen molar-refractivity contribution in [3.8, 4) is 0 Å². The summed E-state index contributed by atoms with van der Waals surface area (Å²) >= 11 is 6.03. The Labute approximate surface area is 125 Å². The molecule has 2 rings (SSSR count). The largest absolute Gasteiger partial charge is 0.378 e. The molecular weight excluding hydrogens is 270 g/mol. The first-order chi connectivity index (χ1) is 9.60. The Bertz CT molecular complexity index is 569. The van der Waals surface area contributed by atoms with Crippen molar-refractivity contribution >= 4 is 17.3 Å². The second-order valence-corrected chi connectivity index (χ2v) is 5.48. The average Bonchev–Trinajstić information content (AvgIpc) is 2.45. The lowest BCUT2D eigenvalue weighted by molar-refractivity contribution is 0.552. The molecule has 1 unspecified atom stereocenters. The van der Waals surface area contributed by atoms with Crippen molar-refractivity contribution < 1.29 is 0 Å². The number of hydrogen-bond donors (Lipinski definition) is 2. The Morgan fingerprint density at radius 2 is 1.90 bits per heavy atom. The highest BCUT2D eigenvalue weighted by molar-refractivity contribution is 6.30. The number of benzene rings is 2. The number of nitrogens with one attached hydrogen (secondary N) is 1. The van der Waals surface area contributed by atoms with Gasteiger partial charge in [0.15, 0.2) is 0 Å². The number of hydrazine groups is 1. The molecule has 0 saturated carbocycles. The van der Waals surface area contributed by atoms with E-state index in [1.807, 2.05) is 38.4 Å². The zero-order chi connectivity index (χ0) is 14.5. The maximum Gasteiger partial charge on any atom is 0.0501 e. The number of nitrogens with zero attached hydrogens (tertiary/aromatic N) is 1. The summed E-state index contributed by atoms with van der Waals surface area (Å²) < 4.78 is 0. The van der Waals surface area contributed by atoms with Gasteiger partial charge in [-0.3, -0.25) is 11.3 Å². The van der Waals surface area contributed by atoms with Crippen LogP contribution >= 0.6 is 11.6 Å². The number of nitrogens with two attached hydrogens (primary N) is 1. The smallest absolute Gasteiger partial charge is 0.0501 e. The van der Waals surface area contributed by atoms with Gasteiger partial charge >= 0.3 is 0 Å². The topological polar surface area (TPSA) is 41.3 Å².